The van der Waals surface area contributed by atoms with E-state index in [4.69, 9.17) is 0 Å². The van der Waals surface area contributed by atoms with Crippen molar-refractivity contribution >= 4 is 21.4 Å². The van der Waals surface area contributed by atoms with Gasteiger partial charge >= 0.3 is 0 Å². The van der Waals surface area contributed by atoms with Crippen molar-refractivity contribution in [3.63, 3.8) is 0 Å². The van der Waals surface area contributed by atoms with E-state index in [1.54, 1.807) is 10.4 Å². The van der Waals surface area contributed by atoms with Crippen molar-refractivity contribution in [3.8, 4) is 0 Å². The van der Waals surface area contributed by atoms with Crippen LogP contribution in [0.5, 0.6) is 0 Å². The molecular formula is C12H20N2O2S2. The SMILES string of the molecule is CNCc1ccc(S(=O)(=O)N2CCCC(C)C2)s1. The van der Waals surface area contributed by atoms with E-state index >= 15 is 0 Å². The summed E-state index contributed by atoms with van der Waals surface area (Å²) >= 11 is 1.37. The molecule has 6 heteroatoms. The molecular weight excluding hydrogens is 268 g/mol. The zero-order chi connectivity index (χ0) is 13.2. The molecule has 1 aliphatic heterocycles. The Labute approximate surface area is 113 Å². The highest BCUT2D eigenvalue weighted by Crippen LogP contribution is 2.28. The number of rotatable bonds is 4. The standard InChI is InChI=1S/C12H20N2O2S2/c1-10-4-3-7-14(9-10)18(15,16)12-6-5-11(17-12)8-13-2/h5-6,10,13H,3-4,7-9H2,1-2H3. The topological polar surface area (TPSA) is 49.4 Å². The van der Waals surface area contributed by atoms with E-state index in [9.17, 15) is 8.42 Å². The van der Waals surface area contributed by atoms with Gasteiger partial charge in [-0.2, -0.15) is 4.31 Å². The molecule has 0 aromatic carbocycles. The monoisotopic (exact) mass is 288 g/mol. The quantitative estimate of drug-likeness (QED) is 0.920. The van der Waals surface area contributed by atoms with Gasteiger partial charge in [0.05, 0.1) is 0 Å². The van der Waals surface area contributed by atoms with Crippen LogP contribution in [0.15, 0.2) is 16.3 Å². The molecule has 18 heavy (non-hydrogen) atoms. The van der Waals surface area contributed by atoms with Crippen LogP contribution in [-0.4, -0.2) is 32.9 Å². The zero-order valence-corrected chi connectivity index (χ0v) is 12.5. The minimum Gasteiger partial charge on any atom is -0.315 e. The molecule has 0 bridgehead atoms. The number of piperidine rings is 1. The Hall–Kier alpha value is -0.430. The third-order valence-electron chi connectivity index (χ3n) is 3.20. The molecule has 1 saturated heterocycles. The Morgan fingerprint density at radius 2 is 2.28 bits per heavy atom. The summed E-state index contributed by atoms with van der Waals surface area (Å²) in [7, 11) is -1.41. The molecule has 1 aliphatic rings. The molecule has 0 saturated carbocycles. The maximum absolute atomic E-state index is 12.5. The van der Waals surface area contributed by atoms with Crippen molar-refractivity contribution in [2.75, 3.05) is 20.1 Å². The van der Waals surface area contributed by atoms with Gasteiger partial charge in [-0.1, -0.05) is 6.92 Å². The molecule has 1 unspecified atom stereocenters. The number of hydrogen-bond acceptors (Lipinski definition) is 4. The number of hydrogen-bond donors (Lipinski definition) is 1. The second-order valence-corrected chi connectivity index (χ2v) is 8.19. The molecule has 1 fully saturated rings. The molecule has 102 valence electrons. The minimum atomic E-state index is -3.27. The molecule has 1 aromatic heterocycles. The van der Waals surface area contributed by atoms with Gasteiger partial charge in [-0.3, -0.25) is 0 Å². The van der Waals surface area contributed by atoms with Crippen molar-refractivity contribution in [3.05, 3.63) is 17.0 Å². The van der Waals surface area contributed by atoms with Crippen LogP contribution < -0.4 is 5.32 Å². The zero-order valence-electron chi connectivity index (χ0n) is 10.8. The molecule has 1 N–H and O–H groups in total. The van der Waals surface area contributed by atoms with Crippen LogP contribution in [0.25, 0.3) is 0 Å². The Morgan fingerprint density at radius 3 is 2.94 bits per heavy atom. The number of sulfonamides is 1. The van der Waals surface area contributed by atoms with Gasteiger partial charge in [0.1, 0.15) is 4.21 Å². The van der Waals surface area contributed by atoms with E-state index < -0.39 is 10.0 Å². The number of nitrogens with one attached hydrogen (secondary N) is 1. The van der Waals surface area contributed by atoms with Gasteiger partial charge in [0.15, 0.2) is 0 Å². The van der Waals surface area contributed by atoms with Crippen molar-refractivity contribution in [2.45, 2.75) is 30.5 Å². The average molecular weight is 288 g/mol. The van der Waals surface area contributed by atoms with Crippen LogP contribution in [0.3, 0.4) is 0 Å². The van der Waals surface area contributed by atoms with Crippen molar-refractivity contribution in [1.82, 2.24) is 9.62 Å². The van der Waals surface area contributed by atoms with Crippen molar-refractivity contribution in [2.24, 2.45) is 5.92 Å². The van der Waals surface area contributed by atoms with Crippen LogP contribution in [-0.2, 0) is 16.6 Å². The van der Waals surface area contributed by atoms with Crippen LogP contribution in [0.1, 0.15) is 24.6 Å². The molecule has 2 rings (SSSR count). The Morgan fingerprint density at radius 1 is 1.50 bits per heavy atom. The third kappa shape index (κ3) is 2.93. The first-order valence-corrected chi connectivity index (χ1v) is 8.53. The summed E-state index contributed by atoms with van der Waals surface area (Å²) in [4.78, 5) is 1.06. The molecule has 0 aliphatic carbocycles. The summed E-state index contributed by atoms with van der Waals surface area (Å²) in [5.74, 6) is 0.463. The molecule has 4 nitrogen and oxygen atoms in total. The van der Waals surface area contributed by atoms with Crippen LogP contribution in [0.2, 0.25) is 0 Å². The number of nitrogens with zero attached hydrogens (tertiary/aromatic N) is 1. The minimum absolute atomic E-state index is 0.463. The van der Waals surface area contributed by atoms with Crippen molar-refractivity contribution in [1.29, 1.82) is 0 Å². The van der Waals surface area contributed by atoms with E-state index in [2.05, 4.69) is 12.2 Å². The van der Waals surface area contributed by atoms with E-state index in [1.807, 2.05) is 13.1 Å². The highest BCUT2D eigenvalue weighted by Gasteiger charge is 2.29. The average Bonchev–Trinajstić information content (AvgIpc) is 2.79. The molecule has 1 aromatic rings. The first-order valence-electron chi connectivity index (χ1n) is 6.27. The fourth-order valence-electron chi connectivity index (χ4n) is 2.26. The first kappa shape index (κ1) is 14.0. The van der Waals surface area contributed by atoms with Gasteiger partial charge in [0, 0.05) is 24.5 Å². The summed E-state index contributed by atoms with van der Waals surface area (Å²) in [5.41, 5.74) is 0. The van der Waals surface area contributed by atoms with Crippen LogP contribution in [0, 0.1) is 5.92 Å². The Balaban J connectivity index is 2.18. The lowest BCUT2D eigenvalue weighted by Crippen LogP contribution is -2.38. The van der Waals surface area contributed by atoms with Gasteiger partial charge < -0.3 is 5.32 Å². The third-order valence-corrected chi connectivity index (χ3v) is 6.62. The second kappa shape index (κ2) is 5.69. The predicted octanol–water partition coefficient (Wildman–Crippen LogP) is 1.89. The van der Waals surface area contributed by atoms with Gasteiger partial charge in [-0.25, -0.2) is 8.42 Å². The van der Waals surface area contributed by atoms with Gasteiger partial charge in [-0.15, -0.1) is 11.3 Å². The lowest BCUT2D eigenvalue weighted by Gasteiger charge is -2.29. The molecule has 0 spiro atoms. The lowest BCUT2D eigenvalue weighted by atomic mass is 10.0. The van der Waals surface area contributed by atoms with Crippen LogP contribution >= 0.6 is 11.3 Å². The summed E-state index contributed by atoms with van der Waals surface area (Å²) in [5, 5.41) is 3.04. The largest absolute Gasteiger partial charge is 0.315 e. The second-order valence-electron chi connectivity index (χ2n) is 4.86. The van der Waals surface area contributed by atoms with Gasteiger partial charge in [0.2, 0.25) is 0 Å². The summed E-state index contributed by atoms with van der Waals surface area (Å²) < 4.78 is 27.0. The first-order chi connectivity index (χ1) is 8.54. The highest BCUT2D eigenvalue weighted by molar-refractivity contribution is 7.91. The maximum atomic E-state index is 12.5. The summed E-state index contributed by atoms with van der Waals surface area (Å²) in [6.07, 6.45) is 2.09. The molecule has 2 heterocycles. The number of thiophene rings is 1. The molecule has 0 radical (unpaired) electrons. The summed E-state index contributed by atoms with van der Waals surface area (Å²) in [6.45, 7) is 4.15. The Bertz CT molecular complexity index is 496. The lowest BCUT2D eigenvalue weighted by molar-refractivity contribution is 0.281. The molecule has 1 atom stereocenters. The predicted molar refractivity (Wildman–Crippen MR) is 74.2 cm³/mol. The van der Waals surface area contributed by atoms with Gasteiger partial charge in [-0.05, 0) is 37.9 Å². The maximum Gasteiger partial charge on any atom is 0.252 e. The van der Waals surface area contributed by atoms with Crippen molar-refractivity contribution < 1.29 is 8.42 Å². The fourth-order valence-corrected chi connectivity index (χ4v) is 5.38. The smallest absolute Gasteiger partial charge is 0.252 e. The van der Waals surface area contributed by atoms with E-state index in [1.165, 1.54) is 11.3 Å². The highest BCUT2D eigenvalue weighted by atomic mass is 32.2. The van der Waals surface area contributed by atoms with E-state index in [0.29, 0.717) is 23.2 Å². The normalized spacial score (nSPS) is 22.2. The molecule has 0 amide bonds. The van der Waals surface area contributed by atoms with E-state index in [-0.39, 0.29) is 0 Å². The van der Waals surface area contributed by atoms with Gasteiger partial charge in [0.25, 0.3) is 10.0 Å². The van der Waals surface area contributed by atoms with Crippen LogP contribution in [0.4, 0.5) is 0 Å². The van der Waals surface area contributed by atoms with E-state index in [0.717, 1.165) is 24.3 Å². The Kier molecular flexibility index (Phi) is 4.42. The fraction of sp³-hybridized carbons (Fsp3) is 0.667. The summed E-state index contributed by atoms with van der Waals surface area (Å²) in [6, 6.07) is 3.62.